The SMILES string of the molecule is CSCCCCNc1cccc(NC(=O)OC(C)(C)C)c1. The molecular weight excluding hydrogens is 284 g/mol. The number of unbranched alkanes of at least 4 members (excludes halogenated alkanes) is 1. The van der Waals surface area contributed by atoms with Gasteiger partial charge in [0.25, 0.3) is 0 Å². The average molecular weight is 310 g/mol. The highest BCUT2D eigenvalue weighted by atomic mass is 32.2. The molecule has 0 fully saturated rings. The monoisotopic (exact) mass is 310 g/mol. The van der Waals surface area contributed by atoms with E-state index in [0.717, 1.165) is 24.3 Å². The molecule has 1 amide bonds. The van der Waals surface area contributed by atoms with Gasteiger partial charge in [-0.05, 0) is 63.8 Å². The summed E-state index contributed by atoms with van der Waals surface area (Å²) in [4.78, 5) is 11.7. The number of benzene rings is 1. The summed E-state index contributed by atoms with van der Waals surface area (Å²) in [6.45, 7) is 6.48. The van der Waals surface area contributed by atoms with Crippen molar-refractivity contribution in [2.45, 2.75) is 39.2 Å². The first kappa shape index (κ1) is 17.7. The smallest absolute Gasteiger partial charge is 0.412 e. The normalized spacial score (nSPS) is 11.0. The molecule has 0 aliphatic heterocycles. The van der Waals surface area contributed by atoms with Gasteiger partial charge in [-0.15, -0.1) is 0 Å². The fraction of sp³-hybridized carbons (Fsp3) is 0.562. The minimum absolute atomic E-state index is 0.431. The second kappa shape index (κ2) is 8.82. The zero-order valence-electron chi connectivity index (χ0n) is 13.4. The van der Waals surface area contributed by atoms with Crippen LogP contribution in [0.1, 0.15) is 33.6 Å². The molecule has 0 spiro atoms. The van der Waals surface area contributed by atoms with Gasteiger partial charge in [-0.3, -0.25) is 5.32 Å². The van der Waals surface area contributed by atoms with Crippen LogP contribution < -0.4 is 10.6 Å². The molecule has 1 aromatic carbocycles. The highest BCUT2D eigenvalue weighted by Crippen LogP contribution is 2.17. The van der Waals surface area contributed by atoms with E-state index < -0.39 is 11.7 Å². The zero-order valence-corrected chi connectivity index (χ0v) is 14.2. The largest absolute Gasteiger partial charge is 0.444 e. The third-order valence-corrected chi connectivity index (χ3v) is 3.31. The van der Waals surface area contributed by atoms with Crippen molar-refractivity contribution < 1.29 is 9.53 Å². The lowest BCUT2D eigenvalue weighted by atomic mass is 10.2. The number of nitrogens with one attached hydrogen (secondary N) is 2. The number of amides is 1. The molecule has 0 unspecified atom stereocenters. The minimum Gasteiger partial charge on any atom is -0.444 e. The van der Waals surface area contributed by atoms with Gasteiger partial charge in [0, 0.05) is 17.9 Å². The first-order valence-electron chi connectivity index (χ1n) is 7.23. The van der Waals surface area contributed by atoms with Gasteiger partial charge in [0.15, 0.2) is 0 Å². The van der Waals surface area contributed by atoms with Crippen LogP contribution in [0.3, 0.4) is 0 Å². The molecule has 118 valence electrons. The average Bonchev–Trinajstić information content (AvgIpc) is 2.36. The molecule has 0 aliphatic rings. The van der Waals surface area contributed by atoms with Crippen molar-refractivity contribution >= 4 is 29.2 Å². The van der Waals surface area contributed by atoms with Gasteiger partial charge in [0.05, 0.1) is 0 Å². The molecule has 4 nitrogen and oxygen atoms in total. The number of ether oxygens (including phenoxy) is 1. The summed E-state index contributed by atoms with van der Waals surface area (Å²) >= 11 is 1.87. The number of thioether (sulfide) groups is 1. The van der Waals surface area contributed by atoms with Crippen LogP contribution in [0.5, 0.6) is 0 Å². The Hall–Kier alpha value is -1.36. The number of hydrogen-bond acceptors (Lipinski definition) is 4. The summed E-state index contributed by atoms with van der Waals surface area (Å²) in [6, 6.07) is 7.67. The molecule has 0 saturated carbocycles. The Kier molecular flexibility index (Phi) is 7.43. The van der Waals surface area contributed by atoms with Crippen molar-refractivity contribution in [3.05, 3.63) is 24.3 Å². The lowest BCUT2D eigenvalue weighted by Crippen LogP contribution is -2.27. The quantitative estimate of drug-likeness (QED) is 0.723. The molecule has 0 saturated heterocycles. The van der Waals surface area contributed by atoms with E-state index >= 15 is 0 Å². The van der Waals surface area contributed by atoms with Crippen molar-refractivity contribution in [1.29, 1.82) is 0 Å². The summed E-state index contributed by atoms with van der Waals surface area (Å²) in [5.41, 5.74) is 1.25. The van der Waals surface area contributed by atoms with Crippen LogP contribution in [-0.2, 0) is 4.74 Å². The Morgan fingerprint density at radius 2 is 1.95 bits per heavy atom. The van der Waals surface area contributed by atoms with Gasteiger partial charge in [-0.2, -0.15) is 11.8 Å². The first-order valence-corrected chi connectivity index (χ1v) is 8.63. The maximum absolute atomic E-state index is 11.7. The number of carbonyl (C=O) groups excluding carboxylic acids is 1. The van der Waals surface area contributed by atoms with Crippen LogP contribution in [0, 0.1) is 0 Å². The van der Waals surface area contributed by atoms with Crippen molar-refractivity contribution in [3.63, 3.8) is 0 Å². The van der Waals surface area contributed by atoms with Crippen molar-refractivity contribution in [2.24, 2.45) is 0 Å². The molecule has 5 heteroatoms. The van der Waals surface area contributed by atoms with Crippen LogP contribution in [0.25, 0.3) is 0 Å². The van der Waals surface area contributed by atoms with Gasteiger partial charge >= 0.3 is 6.09 Å². The van der Waals surface area contributed by atoms with Crippen LogP contribution in [-0.4, -0.2) is 30.2 Å². The van der Waals surface area contributed by atoms with Crippen LogP contribution >= 0.6 is 11.8 Å². The third-order valence-electron chi connectivity index (χ3n) is 2.61. The van der Waals surface area contributed by atoms with Crippen LogP contribution in [0.2, 0.25) is 0 Å². The number of hydrogen-bond donors (Lipinski definition) is 2. The minimum atomic E-state index is -0.489. The maximum Gasteiger partial charge on any atom is 0.412 e. The summed E-state index contributed by atoms with van der Waals surface area (Å²) in [7, 11) is 0. The second-order valence-electron chi connectivity index (χ2n) is 5.83. The van der Waals surface area contributed by atoms with E-state index in [-0.39, 0.29) is 0 Å². The number of anilines is 2. The van der Waals surface area contributed by atoms with E-state index in [1.165, 1.54) is 12.2 Å². The molecule has 0 aliphatic carbocycles. The number of rotatable bonds is 7. The van der Waals surface area contributed by atoms with E-state index in [9.17, 15) is 4.79 Å². The molecule has 1 aromatic rings. The van der Waals surface area contributed by atoms with Gasteiger partial charge in [0.1, 0.15) is 5.60 Å². The Bertz CT molecular complexity index is 444. The predicted molar refractivity (Wildman–Crippen MR) is 92.4 cm³/mol. The number of carbonyl (C=O) groups is 1. The molecule has 1 rings (SSSR count). The molecule has 0 bridgehead atoms. The van der Waals surface area contributed by atoms with Gasteiger partial charge < -0.3 is 10.1 Å². The standard InChI is InChI=1S/C16H26N2O2S/c1-16(2,3)20-15(19)18-14-9-7-8-13(12-14)17-10-5-6-11-21-4/h7-9,12,17H,5-6,10-11H2,1-4H3,(H,18,19). The molecule has 0 heterocycles. The predicted octanol–water partition coefficient (Wildman–Crippen LogP) is 4.59. The Morgan fingerprint density at radius 3 is 2.62 bits per heavy atom. The third kappa shape index (κ3) is 8.50. The summed E-state index contributed by atoms with van der Waals surface area (Å²) in [5.74, 6) is 1.20. The van der Waals surface area contributed by atoms with E-state index in [4.69, 9.17) is 4.74 Å². The molecule has 21 heavy (non-hydrogen) atoms. The van der Waals surface area contributed by atoms with E-state index in [1.54, 1.807) is 0 Å². The van der Waals surface area contributed by atoms with E-state index in [1.807, 2.05) is 56.8 Å². The van der Waals surface area contributed by atoms with Gasteiger partial charge in [-0.1, -0.05) is 6.07 Å². The zero-order chi connectivity index (χ0) is 15.7. The molecule has 0 aromatic heterocycles. The summed E-state index contributed by atoms with van der Waals surface area (Å²) in [5, 5.41) is 6.11. The Labute approximate surface area is 132 Å². The lowest BCUT2D eigenvalue weighted by molar-refractivity contribution is 0.0636. The molecule has 0 atom stereocenters. The highest BCUT2D eigenvalue weighted by Gasteiger charge is 2.16. The Balaban J connectivity index is 2.43. The molecular formula is C16H26N2O2S. The van der Waals surface area contributed by atoms with Crippen molar-refractivity contribution in [2.75, 3.05) is 29.2 Å². The summed E-state index contributed by atoms with van der Waals surface area (Å²) in [6.07, 6.45) is 4.05. The highest BCUT2D eigenvalue weighted by molar-refractivity contribution is 7.98. The van der Waals surface area contributed by atoms with E-state index in [2.05, 4.69) is 16.9 Å². The first-order chi connectivity index (χ1) is 9.90. The molecule has 2 N–H and O–H groups in total. The lowest BCUT2D eigenvalue weighted by Gasteiger charge is -2.19. The fourth-order valence-corrected chi connectivity index (χ4v) is 2.23. The van der Waals surface area contributed by atoms with Crippen LogP contribution in [0.15, 0.2) is 24.3 Å². The van der Waals surface area contributed by atoms with Crippen LogP contribution in [0.4, 0.5) is 16.2 Å². The Morgan fingerprint density at radius 1 is 1.24 bits per heavy atom. The summed E-state index contributed by atoms with van der Waals surface area (Å²) < 4.78 is 5.23. The maximum atomic E-state index is 11.7. The van der Waals surface area contributed by atoms with Crippen molar-refractivity contribution in [3.8, 4) is 0 Å². The molecule has 0 radical (unpaired) electrons. The second-order valence-corrected chi connectivity index (χ2v) is 6.82. The van der Waals surface area contributed by atoms with Gasteiger partial charge in [-0.25, -0.2) is 4.79 Å². The van der Waals surface area contributed by atoms with Crippen molar-refractivity contribution in [1.82, 2.24) is 0 Å². The van der Waals surface area contributed by atoms with Gasteiger partial charge in [0.2, 0.25) is 0 Å². The fourth-order valence-electron chi connectivity index (χ4n) is 1.73. The topological polar surface area (TPSA) is 50.4 Å². The van der Waals surface area contributed by atoms with E-state index in [0.29, 0.717) is 0 Å².